The predicted octanol–water partition coefficient (Wildman–Crippen LogP) is 4.05. The van der Waals surface area contributed by atoms with Gasteiger partial charge in [0.05, 0.1) is 12.1 Å². The van der Waals surface area contributed by atoms with Crippen LogP contribution < -0.4 is 10.7 Å². The highest BCUT2D eigenvalue weighted by Gasteiger charge is 2.52. The molecular formula is C23H24F4N4O2S. The average molecular weight is 497 g/mol. The molecule has 1 saturated heterocycles. The molecule has 3 aliphatic heterocycles. The van der Waals surface area contributed by atoms with Gasteiger partial charge < -0.3 is 15.4 Å². The number of ether oxygens (including phenoxy) is 1. The first-order chi connectivity index (χ1) is 16.1. The Labute approximate surface area is 198 Å². The topological polar surface area (TPSA) is 71.2 Å². The Bertz CT molecular complexity index is 1160. The van der Waals surface area contributed by atoms with E-state index in [9.17, 15) is 22.4 Å². The maximum Gasteiger partial charge on any atom is 0.297 e. The van der Waals surface area contributed by atoms with Crippen LogP contribution in [0.25, 0.3) is 0 Å². The lowest BCUT2D eigenvalue weighted by Gasteiger charge is -2.45. The molecule has 0 aliphatic carbocycles. The van der Waals surface area contributed by atoms with E-state index in [2.05, 4.69) is 10.0 Å². The molecule has 1 amide bonds. The van der Waals surface area contributed by atoms with Crippen molar-refractivity contribution in [1.29, 1.82) is 0 Å². The van der Waals surface area contributed by atoms with E-state index in [4.69, 9.17) is 10.5 Å². The van der Waals surface area contributed by atoms with Gasteiger partial charge in [-0.2, -0.15) is 18.3 Å². The Morgan fingerprint density at radius 2 is 2.03 bits per heavy atom. The number of piperidine rings is 1. The molecule has 6 nitrogen and oxygen atoms in total. The molecule has 1 unspecified atom stereocenters. The SMILES string of the molecule is CC1=NN(c2c(F)cccc2C(N)=O)CC1CN1CCC2(CC1)OCC(F)(F)c1cc(F)sc12. The molecule has 0 radical (unpaired) electrons. The molecule has 5 rings (SSSR count). The van der Waals surface area contributed by atoms with Crippen LogP contribution in [0.1, 0.15) is 40.6 Å². The smallest absolute Gasteiger partial charge is 0.297 e. The number of benzene rings is 1. The van der Waals surface area contributed by atoms with Crippen LogP contribution >= 0.6 is 11.3 Å². The first-order valence-electron chi connectivity index (χ1n) is 11.0. The van der Waals surface area contributed by atoms with Gasteiger partial charge in [0.25, 0.3) is 11.8 Å². The number of para-hydroxylation sites is 1. The predicted molar refractivity (Wildman–Crippen MR) is 120 cm³/mol. The summed E-state index contributed by atoms with van der Waals surface area (Å²) in [5.74, 6) is -4.50. The molecule has 1 fully saturated rings. The van der Waals surface area contributed by atoms with Crippen LogP contribution in [0.5, 0.6) is 0 Å². The number of likely N-dealkylation sites (tertiary alicyclic amines) is 1. The number of hydrogen-bond acceptors (Lipinski definition) is 6. The fraction of sp³-hybridized carbons (Fsp3) is 0.478. The van der Waals surface area contributed by atoms with Crippen molar-refractivity contribution in [2.45, 2.75) is 31.3 Å². The Balaban J connectivity index is 1.27. The van der Waals surface area contributed by atoms with E-state index in [1.807, 2.05) is 6.92 Å². The standard InChI is InChI=1S/C23H24F4N4O2S/c1-13-14(11-31(29-13)19-15(21(28)32)3-2-4-17(19)24)10-30-7-5-22(6-8-30)20-16(9-18(25)34-20)23(26,27)12-33-22/h2-4,9,14H,5-8,10-12H2,1H3,(H2,28,32). The van der Waals surface area contributed by atoms with Crippen LogP contribution in [0.4, 0.5) is 23.2 Å². The lowest BCUT2D eigenvalue weighted by Crippen LogP contribution is -2.50. The minimum Gasteiger partial charge on any atom is -0.366 e. The van der Waals surface area contributed by atoms with Gasteiger partial charge in [0, 0.05) is 41.7 Å². The van der Waals surface area contributed by atoms with Gasteiger partial charge in [0.15, 0.2) is 5.13 Å². The van der Waals surface area contributed by atoms with Crippen molar-refractivity contribution in [2.24, 2.45) is 16.8 Å². The number of carbonyl (C=O) groups excluding carboxylic acids is 1. The van der Waals surface area contributed by atoms with Crippen molar-refractivity contribution in [2.75, 3.05) is 37.8 Å². The summed E-state index contributed by atoms with van der Waals surface area (Å²) in [7, 11) is 0. The number of hydrazone groups is 1. The largest absolute Gasteiger partial charge is 0.366 e. The molecule has 1 atom stereocenters. The highest BCUT2D eigenvalue weighted by Crippen LogP contribution is 2.51. The molecule has 3 aliphatic rings. The second kappa shape index (κ2) is 8.31. The van der Waals surface area contributed by atoms with Gasteiger partial charge in [-0.15, -0.1) is 11.3 Å². The van der Waals surface area contributed by atoms with E-state index >= 15 is 0 Å². The molecule has 11 heteroatoms. The quantitative estimate of drug-likeness (QED) is 0.649. The minimum atomic E-state index is -3.18. The average Bonchev–Trinajstić information content (AvgIpc) is 3.36. The van der Waals surface area contributed by atoms with Gasteiger partial charge in [0.1, 0.15) is 23.7 Å². The number of hydrogen-bond donors (Lipinski definition) is 1. The van der Waals surface area contributed by atoms with Crippen molar-refractivity contribution < 1.29 is 27.1 Å². The van der Waals surface area contributed by atoms with Crippen molar-refractivity contribution in [1.82, 2.24) is 4.90 Å². The highest BCUT2D eigenvalue weighted by molar-refractivity contribution is 7.10. The number of nitrogens with two attached hydrogens (primary N) is 1. The van der Waals surface area contributed by atoms with Crippen molar-refractivity contribution >= 4 is 28.6 Å². The molecule has 1 spiro atoms. The summed E-state index contributed by atoms with van der Waals surface area (Å²) in [6.07, 6.45) is 0.948. The number of amides is 1. The Morgan fingerprint density at radius 3 is 2.74 bits per heavy atom. The molecule has 2 N–H and O–H groups in total. The van der Waals surface area contributed by atoms with Crippen LogP contribution in [0, 0.1) is 16.9 Å². The number of carbonyl (C=O) groups is 1. The summed E-state index contributed by atoms with van der Waals surface area (Å²) >= 11 is 0.746. The zero-order chi connectivity index (χ0) is 24.3. The van der Waals surface area contributed by atoms with Gasteiger partial charge in [0.2, 0.25) is 0 Å². The van der Waals surface area contributed by atoms with Crippen molar-refractivity contribution in [3.63, 3.8) is 0 Å². The number of thiophene rings is 1. The van der Waals surface area contributed by atoms with Crippen LogP contribution in [-0.4, -0.2) is 49.3 Å². The number of anilines is 1. The normalized spacial score (nSPS) is 23.7. The second-order valence-corrected chi connectivity index (χ2v) is 10.1. The number of nitrogens with zero attached hydrogens (tertiary/aromatic N) is 3. The molecular weight excluding hydrogens is 472 g/mol. The first kappa shape index (κ1) is 23.3. The zero-order valence-electron chi connectivity index (χ0n) is 18.5. The first-order valence-corrected chi connectivity index (χ1v) is 11.9. The summed E-state index contributed by atoms with van der Waals surface area (Å²) in [4.78, 5) is 14.3. The maximum atomic E-state index is 14.5. The van der Waals surface area contributed by atoms with E-state index in [0.29, 0.717) is 43.9 Å². The van der Waals surface area contributed by atoms with E-state index < -0.39 is 35.0 Å². The van der Waals surface area contributed by atoms with Gasteiger partial charge in [-0.1, -0.05) is 6.07 Å². The van der Waals surface area contributed by atoms with Gasteiger partial charge in [-0.05, 0) is 38.0 Å². The Hall–Kier alpha value is -2.50. The third-order valence-electron chi connectivity index (χ3n) is 6.95. The summed E-state index contributed by atoms with van der Waals surface area (Å²) in [5.41, 5.74) is 5.22. The lowest BCUT2D eigenvalue weighted by atomic mass is 9.84. The fourth-order valence-electron chi connectivity index (χ4n) is 5.08. The maximum absolute atomic E-state index is 14.5. The van der Waals surface area contributed by atoms with Gasteiger partial charge in [-0.25, -0.2) is 4.39 Å². The molecule has 34 heavy (non-hydrogen) atoms. The lowest BCUT2D eigenvalue weighted by molar-refractivity contribution is -0.181. The van der Waals surface area contributed by atoms with Gasteiger partial charge in [-0.3, -0.25) is 9.80 Å². The molecule has 2 aromatic rings. The number of primary amides is 1. The third-order valence-corrected chi connectivity index (χ3v) is 8.06. The molecule has 182 valence electrons. The summed E-state index contributed by atoms with van der Waals surface area (Å²) in [5, 5.41) is 5.32. The summed E-state index contributed by atoms with van der Waals surface area (Å²) < 4.78 is 62.6. The number of alkyl halides is 2. The highest BCUT2D eigenvalue weighted by atomic mass is 32.1. The minimum absolute atomic E-state index is 0.0132. The van der Waals surface area contributed by atoms with Crippen LogP contribution in [0.15, 0.2) is 29.4 Å². The van der Waals surface area contributed by atoms with Crippen LogP contribution in [0.2, 0.25) is 0 Å². The monoisotopic (exact) mass is 496 g/mol. The van der Waals surface area contributed by atoms with E-state index in [1.165, 1.54) is 23.2 Å². The van der Waals surface area contributed by atoms with E-state index in [-0.39, 0.29) is 22.7 Å². The molecule has 4 heterocycles. The van der Waals surface area contributed by atoms with Crippen molar-refractivity contribution in [3.05, 3.63) is 51.2 Å². The molecule has 1 aromatic heterocycles. The number of fused-ring (bicyclic) bond motifs is 2. The van der Waals surface area contributed by atoms with Gasteiger partial charge >= 0.3 is 0 Å². The molecule has 1 aromatic carbocycles. The van der Waals surface area contributed by atoms with E-state index in [0.717, 1.165) is 23.1 Å². The molecule has 0 bridgehead atoms. The summed E-state index contributed by atoms with van der Waals surface area (Å²) in [6, 6.07) is 5.10. The van der Waals surface area contributed by atoms with Crippen LogP contribution in [-0.2, 0) is 16.3 Å². The second-order valence-electron chi connectivity index (χ2n) is 9.10. The third kappa shape index (κ3) is 3.89. The molecule has 0 saturated carbocycles. The van der Waals surface area contributed by atoms with E-state index in [1.54, 1.807) is 0 Å². The Morgan fingerprint density at radius 1 is 1.29 bits per heavy atom. The number of halogens is 4. The Kier molecular flexibility index (Phi) is 5.69. The number of rotatable bonds is 4. The summed E-state index contributed by atoms with van der Waals surface area (Å²) in [6.45, 7) is 3.29. The van der Waals surface area contributed by atoms with Crippen molar-refractivity contribution in [3.8, 4) is 0 Å². The fourth-order valence-corrected chi connectivity index (χ4v) is 6.22. The van der Waals surface area contributed by atoms with Crippen LogP contribution in [0.3, 0.4) is 0 Å². The zero-order valence-corrected chi connectivity index (χ0v) is 19.3.